The molecule has 0 aliphatic heterocycles. The van der Waals surface area contributed by atoms with E-state index in [9.17, 15) is 0 Å². The van der Waals surface area contributed by atoms with Crippen LogP contribution in [0.25, 0.3) is 54.3 Å². The fraction of sp³-hybridized carbons (Fsp3) is 0.312. The SMILES string of the molecule is CCCCCCCCCCc1cc2cc3c(ccc4c5cc6ccoc6cc5ccc34)cc2o1. The van der Waals surface area contributed by atoms with Crippen LogP contribution >= 0.6 is 0 Å². The largest absolute Gasteiger partial charge is 0.464 e. The Morgan fingerprint density at radius 3 is 1.91 bits per heavy atom. The lowest BCUT2D eigenvalue weighted by atomic mass is 9.96. The van der Waals surface area contributed by atoms with E-state index in [2.05, 4.69) is 61.5 Å². The molecular weight excluding hydrogens is 416 g/mol. The van der Waals surface area contributed by atoms with Crippen molar-refractivity contribution in [1.82, 2.24) is 0 Å². The van der Waals surface area contributed by atoms with E-state index in [4.69, 9.17) is 8.83 Å². The van der Waals surface area contributed by atoms with Gasteiger partial charge in [0, 0.05) is 17.2 Å². The van der Waals surface area contributed by atoms with Crippen LogP contribution in [-0.4, -0.2) is 0 Å². The van der Waals surface area contributed by atoms with Crippen LogP contribution in [0.5, 0.6) is 0 Å². The first-order valence-electron chi connectivity index (χ1n) is 13.0. The van der Waals surface area contributed by atoms with Gasteiger partial charge >= 0.3 is 0 Å². The Morgan fingerprint density at radius 1 is 0.529 bits per heavy atom. The molecule has 0 bridgehead atoms. The molecule has 0 amide bonds. The Balaban J connectivity index is 1.27. The summed E-state index contributed by atoms with van der Waals surface area (Å²) in [5, 5.41) is 9.95. The fourth-order valence-electron chi connectivity index (χ4n) is 5.48. The van der Waals surface area contributed by atoms with Crippen molar-refractivity contribution in [2.45, 2.75) is 64.7 Å². The molecule has 6 rings (SSSR count). The topological polar surface area (TPSA) is 26.3 Å². The molecule has 0 unspecified atom stereocenters. The van der Waals surface area contributed by atoms with E-state index in [1.165, 1.54) is 89.1 Å². The third-order valence-electron chi connectivity index (χ3n) is 7.37. The highest BCUT2D eigenvalue weighted by Crippen LogP contribution is 2.36. The molecule has 2 aromatic heterocycles. The summed E-state index contributed by atoms with van der Waals surface area (Å²) in [4.78, 5) is 0. The summed E-state index contributed by atoms with van der Waals surface area (Å²) in [6.45, 7) is 2.28. The van der Waals surface area contributed by atoms with Crippen molar-refractivity contribution < 1.29 is 8.83 Å². The summed E-state index contributed by atoms with van der Waals surface area (Å²) in [5.41, 5.74) is 1.94. The molecule has 4 aromatic carbocycles. The summed E-state index contributed by atoms with van der Waals surface area (Å²) in [6.07, 6.45) is 13.5. The summed E-state index contributed by atoms with van der Waals surface area (Å²) in [5.74, 6) is 1.12. The van der Waals surface area contributed by atoms with Gasteiger partial charge in [0.2, 0.25) is 0 Å². The van der Waals surface area contributed by atoms with Crippen molar-refractivity contribution in [2.75, 3.05) is 0 Å². The van der Waals surface area contributed by atoms with Crippen LogP contribution in [0.1, 0.15) is 64.1 Å². The first kappa shape index (κ1) is 21.3. The summed E-state index contributed by atoms with van der Waals surface area (Å²) in [6, 6.07) is 22.2. The smallest absolute Gasteiger partial charge is 0.134 e. The number of benzene rings is 4. The molecule has 0 aliphatic carbocycles. The van der Waals surface area contributed by atoms with Gasteiger partial charge in [0.1, 0.15) is 16.9 Å². The zero-order chi connectivity index (χ0) is 22.9. The van der Waals surface area contributed by atoms with Gasteiger partial charge in [-0.15, -0.1) is 0 Å². The zero-order valence-electron chi connectivity index (χ0n) is 20.0. The third kappa shape index (κ3) is 3.96. The maximum Gasteiger partial charge on any atom is 0.134 e. The van der Waals surface area contributed by atoms with Gasteiger partial charge in [0.05, 0.1) is 6.26 Å². The van der Waals surface area contributed by atoms with Gasteiger partial charge in [-0.3, -0.25) is 0 Å². The van der Waals surface area contributed by atoms with E-state index < -0.39 is 0 Å². The van der Waals surface area contributed by atoms with Gasteiger partial charge in [-0.1, -0.05) is 76.1 Å². The molecule has 0 N–H and O–H groups in total. The molecule has 0 aliphatic rings. The van der Waals surface area contributed by atoms with Crippen LogP contribution in [0.15, 0.2) is 75.8 Å². The Bertz CT molecular complexity index is 1600. The predicted molar refractivity (Wildman–Crippen MR) is 145 cm³/mol. The third-order valence-corrected chi connectivity index (χ3v) is 7.37. The average molecular weight is 449 g/mol. The Labute approximate surface area is 200 Å². The second-order valence-corrected chi connectivity index (χ2v) is 9.81. The molecule has 0 atom stereocenters. The first-order valence-corrected chi connectivity index (χ1v) is 13.0. The number of hydrogen-bond acceptors (Lipinski definition) is 2. The summed E-state index contributed by atoms with van der Waals surface area (Å²) < 4.78 is 11.9. The van der Waals surface area contributed by atoms with E-state index in [-0.39, 0.29) is 0 Å². The molecule has 0 saturated heterocycles. The standard InChI is InChI=1S/C32H32O2/c1-2-3-4-5-6-7-8-9-10-26-17-25-19-30-23(21-32(25)34-26)12-14-27-28(30)13-11-22-20-31-24(15-16-33-31)18-29(22)27/h11-21H,2-10H2,1H3. The molecule has 2 heterocycles. The summed E-state index contributed by atoms with van der Waals surface area (Å²) in [7, 11) is 0. The quantitative estimate of drug-likeness (QED) is 0.162. The molecular formula is C32H32O2. The molecule has 2 nitrogen and oxygen atoms in total. The number of furan rings is 2. The van der Waals surface area contributed by atoms with Crippen molar-refractivity contribution in [2.24, 2.45) is 0 Å². The minimum absolute atomic E-state index is 0.941. The van der Waals surface area contributed by atoms with E-state index in [1.807, 2.05) is 6.07 Å². The van der Waals surface area contributed by atoms with E-state index in [1.54, 1.807) is 6.26 Å². The van der Waals surface area contributed by atoms with Gasteiger partial charge < -0.3 is 8.83 Å². The van der Waals surface area contributed by atoms with Crippen LogP contribution in [0.3, 0.4) is 0 Å². The molecule has 34 heavy (non-hydrogen) atoms. The van der Waals surface area contributed by atoms with Crippen molar-refractivity contribution in [1.29, 1.82) is 0 Å². The van der Waals surface area contributed by atoms with E-state index >= 15 is 0 Å². The lowest BCUT2D eigenvalue weighted by Gasteiger charge is -2.08. The highest BCUT2D eigenvalue weighted by molar-refractivity contribution is 6.20. The van der Waals surface area contributed by atoms with Gasteiger partial charge in [0.25, 0.3) is 0 Å². The number of rotatable bonds is 9. The van der Waals surface area contributed by atoms with Crippen LogP contribution < -0.4 is 0 Å². The monoisotopic (exact) mass is 448 g/mol. The maximum atomic E-state index is 6.25. The number of aryl methyl sites for hydroxylation is 1. The Kier molecular flexibility index (Phi) is 5.74. The van der Waals surface area contributed by atoms with Crippen LogP contribution in [0.2, 0.25) is 0 Å². The second kappa shape index (κ2) is 9.18. The van der Waals surface area contributed by atoms with Crippen LogP contribution in [-0.2, 0) is 6.42 Å². The molecule has 0 fully saturated rings. The molecule has 6 aromatic rings. The lowest BCUT2D eigenvalue weighted by Crippen LogP contribution is -1.84. The van der Waals surface area contributed by atoms with E-state index in [0.717, 1.165) is 28.7 Å². The van der Waals surface area contributed by atoms with Gasteiger partial charge in [-0.2, -0.15) is 0 Å². The highest BCUT2D eigenvalue weighted by atomic mass is 16.3. The number of fused-ring (bicyclic) bond motifs is 7. The molecule has 2 heteroatoms. The normalized spacial score (nSPS) is 12.1. The molecule has 0 saturated carbocycles. The lowest BCUT2D eigenvalue weighted by molar-refractivity contribution is 0.518. The van der Waals surface area contributed by atoms with Gasteiger partial charge in [0.15, 0.2) is 0 Å². The minimum Gasteiger partial charge on any atom is -0.464 e. The highest BCUT2D eigenvalue weighted by Gasteiger charge is 2.10. The molecule has 0 spiro atoms. The predicted octanol–water partition coefficient (Wildman–Crippen LogP) is 10.3. The van der Waals surface area contributed by atoms with Crippen LogP contribution in [0, 0.1) is 0 Å². The second-order valence-electron chi connectivity index (χ2n) is 9.81. The molecule has 0 radical (unpaired) electrons. The van der Waals surface area contributed by atoms with Crippen molar-refractivity contribution in [3.05, 3.63) is 72.7 Å². The minimum atomic E-state index is 0.941. The first-order chi connectivity index (χ1) is 16.8. The van der Waals surface area contributed by atoms with Crippen LogP contribution in [0.4, 0.5) is 0 Å². The number of unbranched alkanes of at least 4 members (excludes halogenated alkanes) is 7. The average Bonchev–Trinajstić information content (AvgIpc) is 3.48. The van der Waals surface area contributed by atoms with E-state index in [0.29, 0.717) is 0 Å². The maximum absolute atomic E-state index is 6.25. The van der Waals surface area contributed by atoms with Gasteiger partial charge in [-0.25, -0.2) is 0 Å². The Hall–Kier alpha value is -3.26. The number of hydrogen-bond donors (Lipinski definition) is 0. The molecule has 172 valence electrons. The van der Waals surface area contributed by atoms with Crippen molar-refractivity contribution >= 4 is 54.3 Å². The van der Waals surface area contributed by atoms with Crippen molar-refractivity contribution in [3.63, 3.8) is 0 Å². The Morgan fingerprint density at radius 2 is 1.18 bits per heavy atom. The van der Waals surface area contributed by atoms with Crippen molar-refractivity contribution in [3.8, 4) is 0 Å². The van der Waals surface area contributed by atoms with Gasteiger partial charge in [-0.05, 0) is 75.1 Å². The fourth-order valence-corrected chi connectivity index (χ4v) is 5.48. The summed E-state index contributed by atoms with van der Waals surface area (Å²) >= 11 is 0. The zero-order valence-corrected chi connectivity index (χ0v) is 20.0.